The molecule has 72 valence electrons. The first-order chi connectivity index (χ1) is 5.54. The van der Waals surface area contributed by atoms with Gasteiger partial charge in [0.1, 0.15) is 0 Å². The molecule has 0 radical (unpaired) electrons. The summed E-state index contributed by atoms with van der Waals surface area (Å²) in [4.78, 5) is 0. The minimum absolute atomic E-state index is 0.443. The summed E-state index contributed by atoms with van der Waals surface area (Å²) in [6, 6.07) is 0. The Hall–Kier alpha value is 0.270. The van der Waals surface area contributed by atoms with E-state index in [4.69, 9.17) is 0 Å². The van der Waals surface area contributed by atoms with Crippen LogP contribution in [0.3, 0.4) is 0 Å². The van der Waals surface area contributed by atoms with Crippen LogP contribution in [0.2, 0.25) is 0 Å². The summed E-state index contributed by atoms with van der Waals surface area (Å²) in [6.45, 7) is 6.04. The number of piperidine rings is 1. The summed E-state index contributed by atoms with van der Waals surface area (Å²) in [7, 11) is 0. The quantitative estimate of drug-likeness (QED) is 0.669. The van der Waals surface area contributed by atoms with E-state index in [1.165, 1.54) is 19.4 Å². The standard InChI is InChI=1S/C9H19NOS/c1-9(2,11)8-5-4-6-10(7-8)12-3/h8,11H,4-7H2,1-3H3/t8-/m1/s1. The summed E-state index contributed by atoms with van der Waals surface area (Å²) >= 11 is 1.79. The van der Waals surface area contributed by atoms with E-state index in [9.17, 15) is 5.11 Å². The number of hydrogen-bond donors (Lipinski definition) is 1. The van der Waals surface area contributed by atoms with Crippen LogP contribution in [0.4, 0.5) is 0 Å². The van der Waals surface area contributed by atoms with Gasteiger partial charge in [-0.05, 0) is 32.9 Å². The molecule has 0 aromatic heterocycles. The van der Waals surface area contributed by atoms with Crippen molar-refractivity contribution in [1.82, 2.24) is 4.31 Å². The predicted molar refractivity (Wildman–Crippen MR) is 54.1 cm³/mol. The Labute approximate surface area is 79.5 Å². The largest absolute Gasteiger partial charge is 0.390 e. The minimum atomic E-state index is -0.506. The maximum atomic E-state index is 9.82. The summed E-state index contributed by atoms with van der Waals surface area (Å²) in [5.74, 6) is 0.443. The van der Waals surface area contributed by atoms with Crippen LogP contribution < -0.4 is 0 Å². The van der Waals surface area contributed by atoms with Gasteiger partial charge in [0.25, 0.3) is 0 Å². The molecule has 1 aliphatic rings. The number of nitrogens with zero attached hydrogens (tertiary/aromatic N) is 1. The van der Waals surface area contributed by atoms with E-state index < -0.39 is 5.60 Å². The van der Waals surface area contributed by atoms with Crippen molar-refractivity contribution in [1.29, 1.82) is 0 Å². The molecule has 1 atom stereocenters. The Morgan fingerprint density at radius 2 is 2.17 bits per heavy atom. The van der Waals surface area contributed by atoms with Crippen LogP contribution in [0.1, 0.15) is 26.7 Å². The van der Waals surface area contributed by atoms with Gasteiger partial charge in [-0.15, -0.1) is 0 Å². The van der Waals surface area contributed by atoms with Gasteiger partial charge >= 0.3 is 0 Å². The summed E-state index contributed by atoms with van der Waals surface area (Å²) in [6.07, 6.45) is 4.49. The van der Waals surface area contributed by atoms with Crippen LogP contribution in [-0.2, 0) is 0 Å². The van der Waals surface area contributed by atoms with Gasteiger partial charge in [0.05, 0.1) is 5.60 Å². The number of rotatable bonds is 2. The lowest BCUT2D eigenvalue weighted by Crippen LogP contribution is -2.42. The second-order valence-corrected chi connectivity index (χ2v) is 4.94. The van der Waals surface area contributed by atoms with Gasteiger partial charge in [-0.1, -0.05) is 11.9 Å². The summed E-state index contributed by atoms with van der Waals surface area (Å²) in [5.41, 5.74) is -0.506. The second kappa shape index (κ2) is 3.99. The van der Waals surface area contributed by atoms with Crippen molar-refractivity contribution in [2.75, 3.05) is 19.3 Å². The molecule has 0 amide bonds. The van der Waals surface area contributed by atoms with Crippen molar-refractivity contribution in [3.8, 4) is 0 Å². The highest BCUT2D eigenvalue weighted by Gasteiger charge is 2.30. The van der Waals surface area contributed by atoms with E-state index >= 15 is 0 Å². The predicted octanol–water partition coefficient (Wildman–Crippen LogP) is 1.75. The molecule has 1 rings (SSSR count). The average Bonchev–Trinajstić information content (AvgIpc) is 2.03. The highest BCUT2D eigenvalue weighted by molar-refractivity contribution is 7.96. The monoisotopic (exact) mass is 189 g/mol. The molecule has 0 spiro atoms. The second-order valence-electron chi connectivity index (χ2n) is 4.06. The summed E-state index contributed by atoms with van der Waals surface area (Å²) < 4.78 is 2.34. The third kappa shape index (κ3) is 2.64. The van der Waals surface area contributed by atoms with Gasteiger partial charge in [0.15, 0.2) is 0 Å². The minimum Gasteiger partial charge on any atom is -0.390 e. The molecule has 0 unspecified atom stereocenters. The average molecular weight is 189 g/mol. The van der Waals surface area contributed by atoms with Crippen molar-refractivity contribution in [2.45, 2.75) is 32.3 Å². The first-order valence-electron chi connectivity index (χ1n) is 4.55. The lowest BCUT2D eigenvalue weighted by Gasteiger charge is -2.37. The molecule has 1 saturated heterocycles. The van der Waals surface area contributed by atoms with Crippen LogP contribution in [0.5, 0.6) is 0 Å². The van der Waals surface area contributed by atoms with Crippen molar-refractivity contribution in [2.24, 2.45) is 5.92 Å². The molecule has 0 saturated carbocycles. The maximum Gasteiger partial charge on any atom is 0.0632 e. The fourth-order valence-corrected chi connectivity index (χ4v) is 2.33. The molecule has 0 aromatic rings. The van der Waals surface area contributed by atoms with E-state index in [2.05, 4.69) is 10.6 Å². The van der Waals surface area contributed by atoms with Crippen molar-refractivity contribution in [3.63, 3.8) is 0 Å². The Morgan fingerprint density at radius 3 is 2.67 bits per heavy atom. The Bertz CT molecular complexity index is 144. The molecule has 1 fully saturated rings. The first kappa shape index (κ1) is 10.4. The van der Waals surface area contributed by atoms with Crippen LogP contribution in [0.25, 0.3) is 0 Å². The normalized spacial score (nSPS) is 27.5. The van der Waals surface area contributed by atoms with Crippen LogP contribution >= 0.6 is 11.9 Å². The highest BCUT2D eigenvalue weighted by atomic mass is 32.2. The molecule has 2 nitrogen and oxygen atoms in total. The van der Waals surface area contributed by atoms with Crippen LogP contribution in [0.15, 0.2) is 0 Å². The molecule has 0 bridgehead atoms. The molecule has 1 N–H and O–H groups in total. The SMILES string of the molecule is CSN1CCC[C@@H](C(C)(C)O)C1. The smallest absolute Gasteiger partial charge is 0.0632 e. The van der Waals surface area contributed by atoms with E-state index in [1.54, 1.807) is 11.9 Å². The Kier molecular flexibility index (Phi) is 3.44. The van der Waals surface area contributed by atoms with Crippen molar-refractivity contribution >= 4 is 11.9 Å². The van der Waals surface area contributed by atoms with E-state index in [-0.39, 0.29) is 0 Å². The highest BCUT2D eigenvalue weighted by Crippen LogP contribution is 2.28. The number of aliphatic hydroxyl groups is 1. The van der Waals surface area contributed by atoms with E-state index in [1.807, 2.05) is 13.8 Å². The summed E-state index contributed by atoms with van der Waals surface area (Å²) in [5, 5.41) is 9.82. The van der Waals surface area contributed by atoms with Gasteiger partial charge in [0.2, 0.25) is 0 Å². The molecule has 3 heteroatoms. The third-order valence-corrected chi connectivity index (χ3v) is 3.49. The first-order valence-corrected chi connectivity index (χ1v) is 5.73. The Balaban J connectivity index is 2.46. The van der Waals surface area contributed by atoms with Crippen molar-refractivity contribution < 1.29 is 5.11 Å². The zero-order valence-electron chi connectivity index (χ0n) is 8.21. The van der Waals surface area contributed by atoms with Gasteiger partial charge in [-0.25, -0.2) is 0 Å². The topological polar surface area (TPSA) is 23.5 Å². The van der Waals surface area contributed by atoms with Crippen LogP contribution in [0, 0.1) is 5.92 Å². The lowest BCUT2D eigenvalue weighted by molar-refractivity contribution is -0.00358. The zero-order valence-corrected chi connectivity index (χ0v) is 9.02. The zero-order chi connectivity index (χ0) is 9.19. The maximum absolute atomic E-state index is 9.82. The molecule has 0 aliphatic carbocycles. The van der Waals surface area contributed by atoms with Gasteiger partial charge < -0.3 is 5.11 Å². The van der Waals surface area contributed by atoms with E-state index in [0.717, 1.165) is 6.54 Å². The fourth-order valence-electron chi connectivity index (χ4n) is 1.68. The molecular formula is C9H19NOS. The van der Waals surface area contributed by atoms with Gasteiger partial charge in [-0.2, -0.15) is 0 Å². The van der Waals surface area contributed by atoms with E-state index in [0.29, 0.717) is 5.92 Å². The number of hydrogen-bond acceptors (Lipinski definition) is 3. The molecule has 0 aromatic carbocycles. The Morgan fingerprint density at radius 1 is 1.50 bits per heavy atom. The third-order valence-electron chi connectivity index (χ3n) is 2.64. The van der Waals surface area contributed by atoms with Gasteiger partial charge in [0, 0.05) is 19.0 Å². The molecule has 1 heterocycles. The molecule has 1 aliphatic heterocycles. The molecule has 12 heavy (non-hydrogen) atoms. The lowest BCUT2D eigenvalue weighted by atomic mass is 9.85. The van der Waals surface area contributed by atoms with Crippen molar-refractivity contribution in [3.05, 3.63) is 0 Å². The van der Waals surface area contributed by atoms with Crippen LogP contribution in [-0.4, -0.2) is 34.4 Å². The van der Waals surface area contributed by atoms with Gasteiger partial charge in [-0.3, -0.25) is 4.31 Å². The fraction of sp³-hybridized carbons (Fsp3) is 1.00. The molecular weight excluding hydrogens is 170 g/mol.